The molecule has 1 aromatic carbocycles. The number of carbonyl (C=O) groups is 2. The Bertz CT molecular complexity index is 855. The number of ether oxygens (including phenoxy) is 1. The fraction of sp³-hybridized carbons (Fsp3) is 0.600. The second-order valence-corrected chi connectivity index (χ2v) is 9.52. The predicted octanol–water partition coefficient (Wildman–Crippen LogP) is 3.51. The lowest BCUT2D eigenvalue weighted by Gasteiger charge is -2.54. The highest BCUT2D eigenvalue weighted by Crippen LogP contribution is 2.45. The van der Waals surface area contributed by atoms with E-state index in [2.05, 4.69) is 16.3 Å². The molecule has 2 bridgehead atoms. The lowest BCUT2D eigenvalue weighted by molar-refractivity contribution is -0.143. The van der Waals surface area contributed by atoms with Gasteiger partial charge >= 0.3 is 12.0 Å². The third-order valence-corrected chi connectivity index (χ3v) is 7.76. The first kappa shape index (κ1) is 20.6. The van der Waals surface area contributed by atoms with Crippen molar-refractivity contribution in [3.8, 4) is 0 Å². The Morgan fingerprint density at radius 2 is 1.97 bits per heavy atom. The summed E-state index contributed by atoms with van der Waals surface area (Å²) in [6.07, 6.45) is 9.71. The molecule has 0 unspecified atom stereocenters. The van der Waals surface area contributed by atoms with Gasteiger partial charge in [-0.2, -0.15) is 0 Å². The van der Waals surface area contributed by atoms with Gasteiger partial charge in [0.25, 0.3) is 0 Å². The van der Waals surface area contributed by atoms with Gasteiger partial charge < -0.3 is 15.0 Å². The fourth-order valence-corrected chi connectivity index (χ4v) is 6.45. The zero-order chi connectivity index (χ0) is 21.4. The summed E-state index contributed by atoms with van der Waals surface area (Å²) in [6.45, 7) is 3.02. The highest BCUT2D eigenvalue weighted by Gasteiger charge is 2.47. The number of likely N-dealkylation sites (tertiary alicyclic amines) is 1. The molecule has 0 aromatic heterocycles. The van der Waals surface area contributed by atoms with Crippen molar-refractivity contribution in [2.45, 2.75) is 56.7 Å². The van der Waals surface area contributed by atoms with Crippen molar-refractivity contribution in [1.29, 1.82) is 0 Å². The van der Waals surface area contributed by atoms with Gasteiger partial charge in [-0.15, -0.1) is 0 Å². The number of hydrogen-bond acceptors (Lipinski definition) is 4. The van der Waals surface area contributed by atoms with Gasteiger partial charge in [-0.1, -0.05) is 48.4 Å². The number of nitrogens with zero attached hydrogens (tertiary/aromatic N) is 2. The van der Waals surface area contributed by atoms with Crippen LogP contribution in [0.15, 0.2) is 42.0 Å². The Morgan fingerprint density at radius 3 is 2.77 bits per heavy atom. The highest BCUT2D eigenvalue weighted by molar-refractivity contribution is 5.85. The molecule has 3 heterocycles. The van der Waals surface area contributed by atoms with Crippen LogP contribution in [0.5, 0.6) is 0 Å². The number of esters is 1. The van der Waals surface area contributed by atoms with E-state index in [0.717, 1.165) is 31.5 Å². The molecule has 0 spiro atoms. The Kier molecular flexibility index (Phi) is 5.74. The van der Waals surface area contributed by atoms with Crippen LogP contribution in [0.4, 0.5) is 4.79 Å². The standard InChI is InChI=1S/C25H33N3O3/c1-31-24(29)22(17-8-3-2-4-9-17)26-25(30)28-13-7-10-18-14-19-15-20(23(18)28)16-27-12-6-5-11-21(19)27/h2-4,8-9,14,19-23H,5-7,10-13,15-16H2,1H3,(H,26,30)/t19-,20-,21+,22+,23+/m0/s1. The molecule has 5 rings (SSSR count). The molecule has 3 aliphatic heterocycles. The number of urea groups is 1. The van der Waals surface area contributed by atoms with Gasteiger partial charge in [0, 0.05) is 19.1 Å². The van der Waals surface area contributed by atoms with Gasteiger partial charge in [0.2, 0.25) is 0 Å². The zero-order valence-electron chi connectivity index (χ0n) is 18.3. The molecular weight excluding hydrogens is 390 g/mol. The maximum Gasteiger partial charge on any atom is 0.333 e. The van der Waals surface area contributed by atoms with E-state index in [9.17, 15) is 9.59 Å². The summed E-state index contributed by atoms with van der Waals surface area (Å²) in [5, 5.41) is 2.99. The summed E-state index contributed by atoms with van der Waals surface area (Å²) in [5.41, 5.74) is 2.19. The molecule has 3 fully saturated rings. The summed E-state index contributed by atoms with van der Waals surface area (Å²) in [6, 6.07) is 9.26. The van der Waals surface area contributed by atoms with E-state index in [1.54, 1.807) is 0 Å². The van der Waals surface area contributed by atoms with Crippen molar-refractivity contribution < 1.29 is 14.3 Å². The third kappa shape index (κ3) is 3.86. The molecule has 31 heavy (non-hydrogen) atoms. The summed E-state index contributed by atoms with van der Waals surface area (Å²) >= 11 is 0. The van der Waals surface area contributed by atoms with E-state index < -0.39 is 12.0 Å². The Labute approximate surface area is 184 Å². The molecule has 4 aliphatic rings. The van der Waals surface area contributed by atoms with Crippen molar-refractivity contribution in [3.63, 3.8) is 0 Å². The molecule has 3 saturated heterocycles. The maximum atomic E-state index is 13.5. The van der Waals surface area contributed by atoms with E-state index in [1.807, 2.05) is 35.2 Å². The molecule has 0 radical (unpaired) electrons. The fourth-order valence-electron chi connectivity index (χ4n) is 6.45. The van der Waals surface area contributed by atoms with Gasteiger partial charge in [-0.25, -0.2) is 9.59 Å². The van der Waals surface area contributed by atoms with Crippen LogP contribution in [-0.4, -0.2) is 60.6 Å². The molecule has 166 valence electrons. The average Bonchev–Trinajstić information content (AvgIpc) is 2.82. The first-order chi connectivity index (χ1) is 15.2. The van der Waals surface area contributed by atoms with Crippen molar-refractivity contribution >= 4 is 12.0 Å². The Morgan fingerprint density at radius 1 is 1.13 bits per heavy atom. The maximum absolute atomic E-state index is 13.5. The van der Waals surface area contributed by atoms with Crippen LogP contribution < -0.4 is 5.32 Å². The first-order valence-corrected chi connectivity index (χ1v) is 11.8. The number of nitrogens with one attached hydrogen (secondary N) is 1. The quantitative estimate of drug-likeness (QED) is 0.597. The van der Waals surface area contributed by atoms with Crippen LogP contribution >= 0.6 is 0 Å². The smallest absolute Gasteiger partial charge is 0.333 e. The van der Waals surface area contributed by atoms with E-state index in [0.29, 0.717) is 17.9 Å². The summed E-state index contributed by atoms with van der Waals surface area (Å²) in [4.78, 5) is 30.6. The summed E-state index contributed by atoms with van der Waals surface area (Å²) in [5.74, 6) is 0.684. The minimum absolute atomic E-state index is 0.155. The Hall–Kier alpha value is -2.34. The molecule has 1 aromatic rings. The largest absolute Gasteiger partial charge is 0.467 e. The number of methoxy groups -OCH3 is 1. The molecule has 0 saturated carbocycles. The van der Waals surface area contributed by atoms with Crippen LogP contribution in [0.25, 0.3) is 0 Å². The van der Waals surface area contributed by atoms with Gasteiger partial charge in [-0.05, 0) is 56.0 Å². The van der Waals surface area contributed by atoms with Crippen LogP contribution in [0.3, 0.4) is 0 Å². The third-order valence-electron chi connectivity index (χ3n) is 7.76. The van der Waals surface area contributed by atoms with Gasteiger partial charge in [-0.3, -0.25) is 4.90 Å². The number of rotatable bonds is 3. The lowest BCUT2D eigenvalue weighted by Crippen LogP contribution is -2.61. The Balaban J connectivity index is 1.38. The van der Waals surface area contributed by atoms with E-state index in [-0.39, 0.29) is 12.1 Å². The monoisotopic (exact) mass is 423 g/mol. The number of fused-ring (bicyclic) bond motifs is 6. The molecule has 1 N–H and O–H groups in total. The average molecular weight is 424 g/mol. The minimum Gasteiger partial charge on any atom is -0.467 e. The van der Waals surface area contributed by atoms with Gasteiger partial charge in [0.1, 0.15) is 0 Å². The van der Waals surface area contributed by atoms with Crippen molar-refractivity contribution in [1.82, 2.24) is 15.1 Å². The molecule has 6 nitrogen and oxygen atoms in total. The van der Waals surface area contributed by atoms with Gasteiger partial charge in [0.15, 0.2) is 6.04 Å². The molecule has 1 aliphatic carbocycles. The summed E-state index contributed by atoms with van der Waals surface area (Å²) < 4.78 is 5.00. The number of hydrogen-bond donors (Lipinski definition) is 1. The second-order valence-electron chi connectivity index (χ2n) is 9.52. The molecule has 6 heteroatoms. The number of carbonyl (C=O) groups excluding carboxylic acids is 2. The van der Waals surface area contributed by atoms with E-state index >= 15 is 0 Å². The first-order valence-electron chi connectivity index (χ1n) is 11.8. The van der Waals surface area contributed by atoms with Crippen LogP contribution in [0.1, 0.15) is 50.1 Å². The molecule has 5 atom stereocenters. The zero-order valence-corrected chi connectivity index (χ0v) is 18.3. The van der Waals surface area contributed by atoms with Crippen LogP contribution in [0.2, 0.25) is 0 Å². The lowest BCUT2D eigenvalue weighted by atomic mass is 9.68. The SMILES string of the molecule is COC(=O)[C@H](NC(=O)N1CCCC2=C[C@H]3C[C@@H](CN4CCCC[C@H]34)[C@@H]21)c1ccccc1. The van der Waals surface area contributed by atoms with Gasteiger partial charge in [0.05, 0.1) is 13.2 Å². The number of benzene rings is 1. The number of amides is 2. The molecule has 2 amide bonds. The van der Waals surface area contributed by atoms with Crippen LogP contribution in [0, 0.1) is 11.8 Å². The van der Waals surface area contributed by atoms with Crippen molar-refractivity contribution in [2.75, 3.05) is 26.7 Å². The van der Waals surface area contributed by atoms with E-state index in [1.165, 1.54) is 44.9 Å². The highest BCUT2D eigenvalue weighted by atomic mass is 16.5. The molecular formula is C25H33N3O3. The van der Waals surface area contributed by atoms with Crippen LogP contribution in [-0.2, 0) is 9.53 Å². The van der Waals surface area contributed by atoms with E-state index in [4.69, 9.17) is 4.74 Å². The predicted molar refractivity (Wildman–Crippen MR) is 118 cm³/mol. The number of piperidine rings is 3. The van der Waals surface area contributed by atoms with Crippen molar-refractivity contribution in [3.05, 3.63) is 47.5 Å². The summed E-state index contributed by atoms with van der Waals surface area (Å²) in [7, 11) is 1.37. The normalized spacial score (nSPS) is 31.0. The van der Waals surface area contributed by atoms with Crippen molar-refractivity contribution in [2.24, 2.45) is 11.8 Å². The second kappa shape index (κ2) is 8.65. The topological polar surface area (TPSA) is 61.9 Å². The minimum atomic E-state index is -0.790.